The van der Waals surface area contributed by atoms with Gasteiger partial charge < -0.3 is 4.90 Å². The van der Waals surface area contributed by atoms with Crippen molar-refractivity contribution in [2.24, 2.45) is 5.92 Å². The van der Waals surface area contributed by atoms with Gasteiger partial charge in [-0.05, 0) is 37.5 Å². The molecular formula is C12H15F3N2. The van der Waals surface area contributed by atoms with Gasteiger partial charge in [0.15, 0.2) is 0 Å². The Morgan fingerprint density at radius 1 is 1.29 bits per heavy atom. The Balaban J connectivity index is 2.00. The summed E-state index contributed by atoms with van der Waals surface area (Å²) in [7, 11) is 0. The molecular weight excluding hydrogens is 229 g/mol. The molecule has 2 nitrogen and oxygen atoms in total. The van der Waals surface area contributed by atoms with E-state index < -0.39 is 12.1 Å². The number of rotatable bonds is 1. The van der Waals surface area contributed by atoms with Crippen molar-refractivity contribution in [3.63, 3.8) is 0 Å². The minimum absolute atomic E-state index is 0.166. The monoisotopic (exact) mass is 244 g/mol. The lowest BCUT2D eigenvalue weighted by atomic mass is 9.96. The van der Waals surface area contributed by atoms with Gasteiger partial charge in [-0.3, -0.25) is 0 Å². The maximum absolute atomic E-state index is 12.5. The molecule has 0 aromatic carbocycles. The molecule has 0 amide bonds. The van der Waals surface area contributed by atoms with E-state index in [4.69, 9.17) is 0 Å². The second kappa shape index (κ2) is 4.55. The van der Waals surface area contributed by atoms with Crippen LogP contribution in [0.2, 0.25) is 0 Å². The summed E-state index contributed by atoms with van der Waals surface area (Å²) < 4.78 is 37.5. The van der Waals surface area contributed by atoms with Crippen LogP contribution in [0.15, 0.2) is 18.3 Å². The summed E-state index contributed by atoms with van der Waals surface area (Å²) in [6, 6.07) is 3.79. The van der Waals surface area contributed by atoms with Gasteiger partial charge in [0.05, 0.1) is 5.92 Å². The minimum Gasteiger partial charge on any atom is -0.357 e. The van der Waals surface area contributed by atoms with Crippen molar-refractivity contribution >= 4 is 5.82 Å². The first-order valence-electron chi connectivity index (χ1n) is 5.71. The predicted molar refractivity (Wildman–Crippen MR) is 60.0 cm³/mol. The highest BCUT2D eigenvalue weighted by Gasteiger charge is 2.41. The summed E-state index contributed by atoms with van der Waals surface area (Å²) in [6.45, 7) is 2.81. The van der Waals surface area contributed by atoms with Gasteiger partial charge in [-0.1, -0.05) is 0 Å². The molecule has 5 heteroatoms. The molecule has 0 aliphatic carbocycles. The Hall–Kier alpha value is -1.26. The third-order valence-corrected chi connectivity index (χ3v) is 3.18. The zero-order valence-corrected chi connectivity index (χ0v) is 9.67. The van der Waals surface area contributed by atoms with Gasteiger partial charge in [-0.15, -0.1) is 0 Å². The number of anilines is 1. The molecule has 0 unspecified atom stereocenters. The van der Waals surface area contributed by atoms with E-state index in [-0.39, 0.29) is 12.8 Å². The Bertz CT molecular complexity index is 382. The summed E-state index contributed by atoms with van der Waals surface area (Å²) in [5.74, 6) is -0.366. The lowest BCUT2D eigenvalue weighted by Crippen LogP contribution is -2.39. The number of aromatic nitrogens is 1. The molecule has 1 aliphatic heterocycles. The van der Waals surface area contributed by atoms with Crippen LogP contribution in [-0.2, 0) is 0 Å². The first-order valence-corrected chi connectivity index (χ1v) is 5.71. The SMILES string of the molecule is Cc1ccnc(N2CCC(C(F)(F)F)CC2)c1. The van der Waals surface area contributed by atoms with Gasteiger partial charge in [0, 0.05) is 19.3 Å². The number of hydrogen-bond acceptors (Lipinski definition) is 2. The molecule has 1 aromatic rings. The second-order valence-electron chi connectivity index (χ2n) is 4.49. The quantitative estimate of drug-likeness (QED) is 0.754. The van der Waals surface area contributed by atoms with Crippen molar-refractivity contribution in [1.82, 2.24) is 4.98 Å². The average Bonchev–Trinajstić information content (AvgIpc) is 2.28. The Morgan fingerprint density at radius 2 is 1.94 bits per heavy atom. The van der Waals surface area contributed by atoms with E-state index in [0.29, 0.717) is 13.1 Å². The van der Waals surface area contributed by atoms with Crippen LogP contribution in [0, 0.1) is 12.8 Å². The standard InChI is InChI=1S/C12H15F3N2/c1-9-2-5-16-11(8-9)17-6-3-10(4-7-17)12(13,14)15/h2,5,8,10H,3-4,6-7H2,1H3. The fourth-order valence-corrected chi connectivity index (χ4v) is 2.13. The van der Waals surface area contributed by atoms with Crippen molar-refractivity contribution in [2.45, 2.75) is 25.9 Å². The van der Waals surface area contributed by atoms with Crippen LogP contribution in [0.3, 0.4) is 0 Å². The fourth-order valence-electron chi connectivity index (χ4n) is 2.13. The molecule has 94 valence electrons. The summed E-state index contributed by atoms with van der Waals surface area (Å²) in [5.41, 5.74) is 1.08. The number of aryl methyl sites for hydroxylation is 1. The van der Waals surface area contributed by atoms with Crippen molar-refractivity contribution < 1.29 is 13.2 Å². The summed E-state index contributed by atoms with van der Waals surface area (Å²) in [6.07, 6.45) is -2.02. The van der Waals surface area contributed by atoms with Crippen LogP contribution in [0.4, 0.5) is 19.0 Å². The van der Waals surface area contributed by atoms with Crippen LogP contribution < -0.4 is 4.90 Å². The van der Waals surface area contributed by atoms with E-state index in [1.165, 1.54) is 0 Å². The molecule has 0 saturated carbocycles. The molecule has 1 aliphatic rings. The van der Waals surface area contributed by atoms with Gasteiger partial charge in [-0.25, -0.2) is 4.98 Å². The van der Waals surface area contributed by atoms with Gasteiger partial charge in [-0.2, -0.15) is 13.2 Å². The summed E-state index contributed by atoms with van der Waals surface area (Å²) in [4.78, 5) is 6.12. The molecule has 2 rings (SSSR count). The van der Waals surface area contributed by atoms with Crippen molar-refractivity contribution in [3.05, 3.63) is 23.9 Å². The van der Waals surface area contributed by atoms with E-state index in [0.717, 1.165) is 11.4 Å². The molecule has 0 spiro atoms. The molecule has 1 aromatic heterocycles. The molecule has 0 N–H and O–H groups in total. The van der Waals surface area contributed by atoms with Crippen molar-refractivity contribution in [2.75, 3.05) is 18.0 Å². The van der Waals surface area contributed by atoms with Crippen LogP contribution in [0.5, 0.6) is 0 Å². The van der Waals surface area contributed by atoms with Crippen LogP contribution in [0.25, 0.3) is 0 Å². The van der Waals surface area contributed by atoms with Crippen LogP contribution in [0.1, 0.15) is 18.4 Å². The number of nitrogens with zero attached hydrogens (tertiary/aromatic N) is 2. The van der Waals surface area contributed by atoms with E-state index in [1.54, 1.807) is 6.20 Å². The molecule has 0 atom stereocenters. The lowest BCUT2D eigenvalue weighted by molar-refractivity contribution is -0.179. The molecule has 1 fully saturated rings. The summed E-state index contributed by atoms with van der Waals surface area (Å²) >= 11 is 0. The van der Waals surface area contributed by atoms with Crippen molar-refractivity contribution in [3.8, 4) is 0 Å². The number of hydrogen-bond donors (Lipinski definition) is 0. The number of halogens is 3. The Labute approximate surface area is 98.5 Å². The second-order valence-corrected chi connectivity index (χ2v) is 4.49. The highest BCUT2D eigenvalue weighted by atomic mass is 19.4. The third-order valence-electron chi connectivity index (χ3n) is 3.18. The topological polar surface area (TPSA) is 16.1 Å². The lowest BCUT2D eigenvalue weighted by Gasteiger charge is -2.33. The van der Waals surface area contributed by atoms with Gasteiger partial charge in [0.1, 0.15) is 5.82 Å². The third kappa shape index (κ3) is 2.90. The maximum Gasteiger partial charge on any atom is 0.391 e. The van der Waals surface area contributed by atoms with Crippen molar-refractivity contribution in [1.29, 1.82) is 0 Å². The number of pyridine rings is 1. The molecule has 17 heavy (non-hydrogen) atoms. The first-order chi connectivity index (χ1) is 7.97. The minimum atomic E-state index is -4.05. The van der Waals surface area contributed by atoms with Crippen LogP contribution >= 0.6 is 0 Å². The largest absolute Gasteiger partial charge is 0.391 e. The van der Waals surface area contributed by atoms with E-state index >= 15 is 0 Å². The first kappa shape index (κ1) is 12.2. The fraction of sp³-hybridized carbons (Fsp3) is 0.583. The maximum atomic E-state index is 12.5. The predicted octanol–water partition coefficient (Wildman–Crippen LogP) is 3.17. The normalized spacial score (nSPS) is 18.5. The smallest absolute Gasteiger partial charge is 0.357 e. The van der Waals surface area contributed by atoms with Gasteiger partial charge >= 0.3 is 6.18 Å². The van der Waals surface area contributed by atoms with Gasteiger partial charge in [0.2, 0.25) is 0 Å². The highest BCUT2D eigenvalue weighted by molar-refractivity contribution is 5.40. The Kier molecular flexibility index (Phi) is 3.26. The average molecular weight is 244 g/mol. The highest BCUT2D eigenvalue weighted by Crippen LogP contribution is 2.34. The number of alkyl halides is 3. The Morgan fingerprint density at radius 3 is 2.47 bits per heavy atom. The molecule has 0 radical (unpaired) electrons. The van der Waals surface area contributed by atoms with E-state index in [9.17, 15) is 13.2 Å². The molecule has 0 bridgehead atoms. The zero-order valence-electron chi connectivity index (χ0n) is 9.67. The van der Waals surface area contributed by atoms with E-state index in [1.807, 2.05) is 24.0 Å². The molecule has 2 heterocycles. The summed E-state index contributed by atoms with van der Waals surface area (Å²) in [5, 5.41) is 0. The molecule has 1 saturated heterocycles. The van der Waals surface area contributed by atoms with E-state index in [2.05, 4.69) is 4.98 Å². The zero-order chi connectivity index (χ0) is 12.5. The van der Waals surface area contributed by atoms with Gasteiger partial charge in [0.25, 0.3) is 0 Å². The van der Waals surface area contributed by atoms with Crippen LogP contribution in [-0.4, -0.2) is 24.2 Å². The number of piperidine rings is 1.